The summed E-state index contributed by atoms with van der Waals surface area (Å²) in [6.07, 6.45) is -10.4. The fourth-order valence-corrected chi connectivity index (χ4v) is 2.82. The molecule has 0 aromatic heterocycles. The van der Waals surface area contributed by atoms with E-state index in [0.717, 1.165) is 0 Å². The van der Waals surface area contributed by atoms with Crippen molar-refractivity contribution in [3.63, 3.8) is 0 Å². The first-order valence-corrected chi connectivity index (χ1v) is 9.69. The van der Waals surface area contributed by atoms with Gasteiger partial charge in [-0.2, -0.15) is 57.1 Å². The van der Waals surface area contributed by atoms with Gasteiger partial charge in [0, 0.05) is 18.5 Å². The maximum atomic E-state index is 13.6. The Morgan fingerprint density at radius 2 is 1.24 bits per heavy atom. The molecule has 0 aliphatic heterocycles. The number of halogens is 13. The largest absolute Gasteiger partial charge is 0.461 e. The molecule has 33 heavy (non-hydrogen) atoms. The fourth-order valence-electron chi connectivity index (χ4n) is 1.76. The van der Waals surface area contributed by atoms with Crippen molar-refractivity contribution in [1.82, 2.24) is 4.72 Å². The van der Waals surface area contributed by atoms with Crippen LogP contribution in [-0.2, 0) is 19.6 Å². The predicted octanol–water partition coefficient (Wildman–Crippen LogP) is 4.15. The number of sulfonamides is 1. The summed E-state index contributed by atoms with van der Waals surface area (Å²) in [6, 6.07) is 0. The van der Waals surface area contributed by atoms with E-state index in [-0.39, 0.29) is 5.57 Å². The van der Waals surface area contributed by atoms with Crippen LogP contribution in [0.5, 0.6) is 0 Å². The third kappa shape index (κ3) is 6.21. The topological polar surface area (TPSA) is 72.5 Å². The Bertz CT molecular complexity index is 837. The summed E-state index contributed by atoms with van der Waals surface area (Å²) >= 11 is 0. The third-order valence-electron chi connectivity index (χ3n) is 3.69. The van der Waals surface area contributed by atoms with Gasteiger partial charge in [0.15, 0.2) is 0 Å². The molecule has 0 spiro atoms. The van der Waals surface area contributed by atoms with Gasteiger partial charge in [0.2, 0.25) is 10.0 Å². The van der Waals surface area contributed by atoms with Crippen molar-refractivity contribution in [3.05, 3.63) is 12.2 Å². The van der Waals surface area contributed by atoms with Crippen molar-refractivity contribution in [1.29, 1.82) is 0 Å². The number of carbonyl (C=O) groups is 1. The average molecular weight is 539 g/mol. The fraction of sp³-hybridized carbons (Fsp3) is 0.786. The number of alkyl halides is 13. The standard InChI is InChI=1S/C14H14F13NO4S/c1-7(2)8(29)32-5-4-28-33(30,31)6-3-9(15,16)10(17,18)11(19,20)12(21,22)13(23,24)14(25,26)27/h28H,1,3-6H2,2H3. The molecule has 0 radical (unpaired) electrons. The summed E-state index contributed by atoms with van der Waals surface area (Å²) in [5.41, 5.74) is -0.145. The van der Waals surface area contributed by atoms with E-state index in [1.54, 1.807) is 0 Å². The molecule has 0 heterocycles. The van der Waals surface area contributed by atoms with Gasteiger partial charge in [-0.3, -0.25) is 0 Å². The zero-order valence-corrected chi connectivity index (χ0v) is 16.8. The molecule has 0 saturated heterocycles. The van der Waals surface area contributed by atoms with Gasteiger partial charge in [-0.15, -0.1) is 0 Å². The molecular formula is C14H14F13NO4S. The van der Waals surface area contributed by atoms with Crippen LogP contribution in [0.3, 0.4) is 0 Å². The van der Waals surface area contributed by atoms with Gasteiger partial charge < -0.3 is 4.74 Å². The lowest BCUT2D eigenvalue weighted by molar-refractivity contribution is -0.439. The number of hydrogen-bond acceptors (Lipinski definition) is 4. The van der Waals surface area contributed by atoms with E-state index in [2.05, 4.69) is 11.3 Å². The molecule has 0 aromatic rings. The van der Waals surface area contributed by atoms with E-state index in [0.29, 0.717) is 0 Å². The number of ether oxygens (including phenoxy) is 1. The number of hydrogen-bond donors (Lipinski definition) is 1. The maximum Gasteiger partial charge on any atom is 0.460 e. The molecule has 19 heteroatoms. The highest BCUT2D eigenvalue weighted by Gasteiger charge is 2.90. The summed E-state index contributed by atoms with van der Waals surface area (Å²) in [4.78, 5) is 11.0. The summed E-state index contributed by atoms with van der Waals surface area (Å²) in [7, 11) is -5.06. The molecule has 0 aliphatic carbocycles. The second-order valence-corrected chi connectivity index (χ2v) is 8.31. The minimum absolute atomic E-state index is 0.145. The highest BCUT2D eigenvalue weighted by atomic mass is 32.2. The molecule has 0 bridgehead atoms. The van der Waals surface area contributed by atoms with Gasteiger partial charge in [0.1, 0.15) is 6.61 Å². The molecule has 0 atom stereocenters. The smallest absolute Gasteiger partial charge is 0.460 e. The summed E-state index contributed by atoms with van der Waals surface area (Å²) in [6.45, 7) is 2.69. The van der Waals surface area contributed by atoms with E-state index in [1.165, 1.54) is 11.6 Å². The van der Waals surface area contributed by atoms with Crippen LogP contribution in [-0.4, -0.2) is 69.1 Å². The summed E-state index contributed by atoms with van der Waals surface area (Å²) in [5, 5.41) is 0. The van der Waals surface area contributed by atoms with Crippen LogP contribution < -0.4 is 4.72 Å². The first-order valence-electron chi connectivity index (χ1n) is 8.04. The summed E-state index contributed by atoms with van der Waals surface area (Å²) in [5.74, 6) is -41.2. The minimum Gasteiger partial charge on any atom is -0.461 e. The van der Waals surface area contributed by atoms with Crippen molar-refractivity contribution in [3.8, 4) is 0 Å². The van der Waals surface area contributed by atoms with Crippen molar-refractivity contribution < 1.29 is 75.0 Å². The Morgan fingerprint density at radius 3 is 1.64 bits per heavy atom. The normalized spacial score (nSPS) is 14.8. The Kier molecular flexibility index (Phi) is 8.94. The molecule has 5 nitrogen and oxygen atoms in total. The second kappa shape index (κ2) is 9.46. The SMILES string of the molecule is C=C(C)C(=O)OCCNS(=O)(=O)CCC(F)(F)C(F)(F)C(F)(F)C(F)(F)C(F)(F)C(F)(F)F. The highest BCUT2D eigenvalue weighted by molar-refractivity contribution is 7.89. The molecule has 0 saturated carbocycles. The van der Waals surface area contributed by atoms with E-state index in [9.17, 15) is 70.3 Å². The Morgan fingerprint density at radius 1 is 0.818 bits per heavy atom. The Hall–Kier alpha value is -1.79. The van der Waals surface area contributed by atoms with E-state index in [4.69, 9.17) is 0 Å². The minimum atomic E-state index is -8.06. The molecule has 0 aromatic carbocycles. The lowest BCUT2D eigenvalue weighted by Gasteiger charge is -2.39. The van der Waals surface area contributed by atoms with Gasteiger partial charge in [-0.05, 0) is 6.92 Å². The number of nitrogens with one attached hydrogen (secondary N) is 1. The highest BCUT2D eigenvalue weighted by Crippen LogP contribution is 2.60. The van der Waals surface area contributed by atoms with Crippen LogP contribution in [0.2, 0.25) is 0 Å². The molecule has 0 fully saturated rings. The van der Waals surface area contributed by atoms with Crippen LogP contribution >= 0.6 is 0 Å². The zero-order valence-electron chi connectivity index (χ0n) is 16.0. The molecule has 0 amide bonds. The Labute approximate surface area is 177 Å². The monoisotopic (exact) mass is 539 g/mol. The predicted molar refractivity (Wildman–Crippen MR) is 83.0 cm³/mol. The van der Waals surface area contributed by atoms with E-state index >= 15 is 0 Å². The number of esters is 1. The molecule has 0 rings (SSSR count). The number of carbonyl (C=O) groups excluding carboxylic acids is 1. The summed E-state index contributed by atoms with van der Waals surface area (Å²) < 4.78 is 197. The molecule has 196 valence electrons. The van der Waals surface area contributed by atoms with Gasteiger partial charge in [-0.25, -0.2) is 17.9 Å². The van der Waals surface area contributed by atoms with Gasteiger partial charge in [0.05, 0.1) is 5.75 Å². The van der Waals surface area contributed by atoms with Crippen LogP contribution in [0.15, 0.2) is 12.2 Å². The average Bonchev–Trinajstić information content (AvgIpc) is 2.61. The van der Waals surface area contributed by atoms with Crippen molar-refractivity contribution in [2.75, 3.05) is 18.9 Å². The maximum absolute atomic E-state index is 13.6. The molecule has 1 N–H and O–H groups in total. The van der Waals surface area contributed by atoms with Crippen molar-refractivity contribution in [2.24, 2.45) is 0 Å². The number of rotatable bonds is 12. The first kappa shape index (κ1) is 31.2. The quantitative estimate of drug-likeness (QED) is 0.175. The van der Waals surface area contributed by atoms with Gasteiger partial charge in [-0.1, -0.05) is 6.58 Å². The van der Waals surface area contributed by atoms with Crippen molar-refractivity contribution in [2.45, 2.75) is 49.1 Å². The lowest BCUT2D eigenvalue weighted by Crippen LogP contribution is -2.70. The van der Waals surface area contributed by atoms with Crippen molar-refractivity contribution >= 4 is 16.0 Å². The van der Waals surface area contributed by atoms with E-state index < -0.39 is 77.1 Å². The second-order valence-electron chi connectivity index (χ2n) is 6.38. The van der Waals surface area contributed by atoms with Crippen LogP contribution in [0, 0.1) is 0 Å². The molecular weight excluding hydrogens is 525 g/mol. The zero-order chi connectivity index (χ0) is 26.9. The molecule has 0 unspecified atom stereocenters. The van der Waals surface area contributed by atoms with Crippen LogP contribution in [0.1, 0.15) is 13.3 Å². The van der Waals surface area contributed by atoms with E-state index in [1.807, 2.05) is 0 Å². The van der Waals surface area contributed by atoms with Crippen LogP contribution in [0.4, 0.5) is 57.1 Å². The van der Waals surface area contributed by atoms with Crippen LogP contribution in [0.25, 0.3) is 0 Å². The third-order valence-corrected chi connectivity index (χ3v) is 5.07. The lowest BCUT2D eigenvalue weighted by atomic mass is 9.93. The molecule has 0 aliphatic rings. The van der Waals surface area contributed by atoms with Gasteiger partial charge >= 0.3 is 41.8 Å². The van der Waals surface area contributed by atoms with Gasteiger partial charge in [0.25, 0.3) is 0 Å². The Balaban J connectivity index is 5.54. The first-order chi connectivity index (χ1) is 14.3.